The lowest BCUT2D eigenvalue weighted by Gasteiger charge is -2.24. The Hall–Kier alpha value is -1.56. The normalized spacial score (nSPS) is 11.9. The Kier molecular flexibility index (Phi) is 4.04. The summed E-state index contributed by atoms with van der Waals surface area (Å²) in [4.78, 5) is 0. The molecular formula is C20H26. The van der Waals surface area contributed by atoms with Crippen molar-refractivity contribution in [3.8, 4) is 11.1 Å². The highest BCUT2D eigenvalue weighted by molar-refractivity contribution is 5.72. The molecule has 0 amide bonds. The molecule has 0 radical (unpaired) electrons. The molecule has 0 saturated heterocycles. The molecule has 2 rings (SSSR count). The van der Waals surface area contributed by atoms with Gasteiger partial charge in [-0.05, 0) is 46.1 Å². The predicted molar refractivity (Wildman–Crippen MR) is 89.4 cm³/mol. The summed E-state index contributed by atoms with van der Waals surface area (Å²) in [7, 11) is 0. The lowest BCUT2D eigenvalue weighted by molar-refractivity contribution is 0.592. The zero-order chi connectivity index (χ0) is 14.9. The van der Waals surface area contributed by atoms with E-state index in [9.17, 15) is 0 Å². The maximum Gasteiger partial charge on any atom is -0.0126 e. The van der Waals surface area contributed by atoms with Crippen molar-refractivity contribution in [1.82, 2.24) is 0 Å². The van der Waals surface area contributed by atoms with Crippen LogP contribution in [0.2, 0.25) is 0 Å². The van der Waals surface area contributed by atoms with Gasteiger partial charge in [0.15, 0.2) is 0 Å². The number of hydrogen-bond acceptors (Lipinski definition) is 0. The Bertz CT molecular complexity index is 598. The van der Waals surface area contributed by atoms with Gasteiger partial charge < -0.3 is 0 Å². The molecule has 0 aliphatic heterocycles. The fourth-order valence-electron chi connectivity index (χ4n) is 2.72. The highest BCUT2D eigenvalue weighted by atomic mass is 14.2. The van der Waals surface area contributed by atoms with E-state index in [0.717, 1.165) is 0 Å². The van der Waals surface area contributed by atoms with Crippen LogP contribution in [0.3, 0.4) is 0 Å². The third kappa shape index (κ3) is 2.95. The Morgan fingerprint density at radius 3 is 2.05 bits per heavy atom. The molecule has 0 aliphatic carbocycles. The summed E-state index contributed by atoms with van der Waals surface area (Å²) < 4.78 is 0. The third-order valence-electron chi connectivity index (χ3n) is 3.94. The van der Waals surface area contributed by atoms with Crippen LogP contribution in [0.25, 0.3) is 11.1 Å². The third-order valence-corrected chi connectivity index (χ3v) is 3.94. The summed E-state index contributed by atoms with van der Waals surface area (Å²) in [5.74, 6) is 0.584. The predicted octanol–water partition coefficient (Wildman–Crippen LogP) is 6.08. The lowest BCUT2D eigenvalue weighted by Crippen LogP contribution is -2.12. The van der Waals surface area contributed by atoms with Crippen LogP contribution < -0.4 is 0 Å². The minimum Gasteiger partial charge on any atom is -0.0619 e. The first kappa shape index (κ1) is 14.8. The van der Waals surface area contributed by atoms with Gasteiger partial charge in [-0.1, -0.05) is 77.1 Å². The van der Waals surface area contributed by atoms with Gasteiger partial charge in [0.2, 0.25) is 0 Å². The van der Waals surface area contributed by atoms with Crippen molar-refractivity contribution in [2.24, 2.45) is 0 Å². The van der Waals surface area contributed by atoms with Crippen molar-refractivity contribution in [2.75, 3.05) is 0 Å². The van der Waals surface area contributed by atoms with E-state index in [1.54, 1.807) is 0 Å². The standard InChI is InChI=1S/C20H26/c1-14(2)16-11-12-17(15(3)13-16)18-9-7-8-10-19(18)20(4,5)6/h7-14H,1-6H3. The molecule has 2 aromatic rings. The summed E-state index contributed by atoms with van der Waals surface area (Å²) >= 11 is 0. The highest BCUT2D eigenvalue weighted by Crippen LogP contribution is 2.35. The van der Waals surface area contributed by atoms with Gasteiger partial charge in [0.25, 0.3) is 0 Å². The fraction of sp³-hybridized carbons (Fsp3) is 0.400. The zero-order valence-electron chi connectivity index (χ0n) is 13.6. The van der Waals surface area contributed by atoms with E-state index in [-0.39, 0.29) is 5.41 Å². The van der Waals surface area contributed by atoms with Crippen LogP contribution in [0.4, 0.5) is 0 Å². The van der Waals surface area contributed by atoms with Crippen LogP contribution >= 0.6 is 0 Å². The molecule has 0 fully saturated rings. The Balaban J connectivity index is 2.58. The van der Waals surface area contributed by atoms with Gasteiger partial charge in [-0.2, -0.15) is 0 Å². The molecule has 0 saturated carbocycles. The summed E-state index contributed by atoms with van der Waals surface area (Å²) in [5, 5.41) is 0. The first-order chi connectivity index (χ1) is 9.30. The summed E-state index contributed by atoms with van der Waals surface area (Å²) in [6, 6.07) is 15.7. The van der Waals surface area contributed by atoms with Crippen molar-refractivity contribution in [3.63, 3.8) is 0 Å². The highest BCUT2D eigenvalue weighted by Gasteiger charge is 2.19. The second-order valence-electron chi connectivity index (χ2n) is 7.02. The van der Waals surface area contributed by atoms with E-state index in [4.69, 9.17) is 0 Å². The van der Waals surface area contributed by atoms with Gasteiger partial charge >= 0.3 is 0 Å². The number of aryl methyl sites for hydroxylation is 1. The molecule has 0 aliphatic rings. The molecule has 20 heavy (non-hydrogen) atoms. The number of rotatable bonds is 2. The Labute approximate surface area is 123 Å². The first-order valence-corrected chi connectivity index (χ1v) is 7.51. The molecule has 2 aromatic carbocycles. The zero-order valence-corrected chi connectivity index (χ0v) is 13.6. The molecule has 0 heteroatoms. The maximum atomic E-state index is 2.33. The van der Waals surface area contributed by atoms with Gasteiger partial charge in [-0.25, -0.2) is 0 Å². The molecule has 0 atom stereocenters. The molecule has 0 spiro atoms. The summed E-state index contributed by atoms with van der Waals surface area (Å²) in [6.07, 6.45) is 0. The average Bonchev–Trinajstić information content (AvgIpc) is 2.37. The first-order valence-electron chi connectivity index (χ1n) is 7.51. The van der Waals surface area contributed by atoms with Crippen LogP contribution in [0.5, 0.6) is 0 Å². The van der Waals surface area contributed by atoms with Gasteiger partial charge in [0, 0.05) is 0 Å². The van der Waals surface area contributed by atoms with Crippen LogP contribution in [-0.4, -0.2) is 0 Å². The molecule has 0 unspecified atom stereocenters. The molecule has 0 aromatic heterocycles. The fourth-order valence-corrected chi connectivity index (χ4v) is 2.72. The van der Waals surface area contributed by atoms with Gasteiger partial charge in [0.1, 0.15) is 0 Å². The molecule has 0 heterocycles. The molecule has 106 valence electrons. The average molecular weight is 266 g/mol. The molecule has 0 N–H and O–H groups in total. The summed E-state index contributed by atoms with van der Waals surface area (Å²) in [6.45, 7) is 13.6. The Morgan fingerprint density at radius 1 is 0.850 bits per heavy atom. The number of benzene rings is 2. The van der Waals surface area contributed by atoms with E-state index in [1.807, 2.05) is 0 Å². The lowest BCUT2D eigenvalue weighted by atomic mass is 9.81. The molecular weight excluding hydrogens is 240 g/mol. The molecule has 0 nitrogen and oxygen atoms in total. The van der Waals surface area contributed by atoms with Gasteiger partial charge in [-0.3, -0.25) is 0 Å². The smallest absolute Gasteiger partial charge is 0.0126 e. The van der Waals surface area contributed by atoms with E-state index >= 15 is 0 Å². The van der Waals surface area contributed by atoms with E-state index < -0.39 is 0 Å². The molecule has 0 bridgehead atoms. The van der Waals surface area contributed by atoms with Crippen molar-refractivity contribution in [1.29, 1.82) is 0 Å². The second-order valence-corrected chi connectivity index (χ2v) is 7.02. The van der Waals surface area contributed by atoms with Gasteiger partial charge in [-0.15, -0.1) is 0 Å². The van der Waals surface area contributed by atoms with Crippen LogP contribution in [-0.2, 0) is 5.41 Å². The second kappa shape index (κ2) is 5.44. The maximum absolute atomic E-state index is 2.33. The van der Waals surface area contributed by atoms with Crippen LogP contribution in [0, 0.1) is 6.92 Å². The largest absolute Gasteiger partial charge is 0.0619 e. The minimum absolute atomic E-state index is 0.166. The van der Waals surface area contributed by atoms with E-state index in [0.29, 0.717) is 5.92 Å². The topological polar surface area (TPSA) is 0 Å². The summed E-state index contributed by atoms with van der Waals surface area (Å²) in [5.41, 5.74) is 7.10. The SMILES string of the molecule is Cc1cc(C(C)C)ccc1-c1ccccc1C(C)(C)C. The van der Waals surface area contributed by atoms with E-state index in [1.165, 1.54) is 27.8 Å². The van der Waals surface area contributed by atoms with Crippen molar-refractivity contribution in [2.45, 2.75) is 52.9 Å². The van der Waals surface area contributed by atoms with Crippen LogP contribution in [0.15, 0.2) is 42.5 Å². The monoisotopic (exact) mass is 266 g/mol. The van der Waals surface area contributed by atoms with Crippen molar-refractivity contribution >= 4 is 0 Å². The number of hydrogen-bond donors (Lipinski definition) is 0. The quantitative estimate of drug-likeness (QED) is 0.617. The van der Waals surface area contributed by atoms with Crippen molar-refractivity contribution < 1.29 is 0 Å². The van der Waals surface area contributed by atoms with Crippen molar-refractivity contribution in [3.05, 3.63) is 59.2 Å². The Morgan fingerprint density at radius 2 is 1.50 bits per heavy atom. The van der Waals surface area contributed by atoms with E-state index in [2.05, 4.69) is 84.0 Å². The van der Waals surface area contributed by atoms with Gasteiger partial charge in [0.05, 0.1) is 0 Å². The minimum atomic E-state index is 0.166. The van der Waals surface area contributed by atoms with Crippen LogP contribution in [0.1, 0.15) is 57.2 Å².